The van der Waals surface area contributed by atoms with Crippen molar-refractivity contribution in [2.24, 2.45) is 0 Å². The van der Waals surface area contributed by atoms with Crippen LogP contribution in [0.3, 0.4) is 0 Å². The van der Waals surface area contributed by atoms with E-state index in [0.29, 0.717) is 39.3 Å². The number of aromatic hydroxyl groups is 1. The second kappa shape index (κ2) is 6.16. The fourth-order valence-corrected chi connectivity index (χ4v) is 2.51. The molecule has 0 fully saturated rings. The minimum atomic E-state index is -0.234. The molecule has 2 aromatic carbocycles. The van der Waals surface area contributed by atoms with Gasteiger partial charge in [0, 0.05) is 6.07 Å². The molecule has 0 aliphatic rings. The first-order valence-corrected chi connectivity index (χ1v) is 7.14. The van der Waals surface area contributed by atoms with Gasteiger partial charge in [-0.25, -0.2) is 0 Å². The smallest absolute Gasteiger partial charge is 0.200 e. The lowest BCUT2D eigenvalue weighted by Gasteiger charge is -2.10. The van der Waals surface area contributed by atoms with Gasteiger partial charge in [0.15, 0.2) is 23.0 Å². The van der Waals surface area contributed by atoms with E-state index in [9.17, 15) is 9.90 Å². The van der Waals surface area contributed by atoms with E-state index in [2.05, 4.69) is 0 Å². The molecule has 1 heterocycles. The Labute approximate surface area is 137 Å². The summed E-state index contributed by atoms with van der Waals surface area (Å²) in [6.45, 7) is 0. The average molecular weight is 328 g/mol. The number of phenols is 1. The molecule has 3 aromatic rings. The molecule has 0 spiro atoms. The maximum Gasteiger partial charge on any atom is 0.200 e. The molecule has 0 aliphatic heterocycles. The van der Waals surface area contributed by atoms with Gasteiger partial charge in [-0.1, -0.05) is 6.07 Å². The first-order valence-electron chi connectivity index (χ1n) is 7.14. The minimum Gasteiger partial charge on any atom is -0.504 e. The molecule has 0 saturated heterocycles. The normalized spacial score (nSPS) is 10.6. The monoisotopic (exact) mass is 328 g/mol. The zero-order valence-corrected chi connectivity index (χ0v) is 13.5. The third-order valence-corrected chi connectivity index (χ3v) is 3.77. The van der Waals surface area contributed by atoms with Crippen LogP contribution < -0.4 is 19.6 Å². The molecule has 0 atom stereocenters. The van der Waals surface area contributed by atoms with Crippen molar-refractivity contribution in [2.75, 3.05) is 21.3 Å². The number of hydrogen-bond acceptors (Lipinski definition) is 6. The molecule has 0 aliphatic carbocycles. The second-order valence-corrected chi connectivity index (χ2v) is 5.07. The van der Waals surface area contributed by atoms with Crippen molar-refractivity contribution in [3.63, 3.8) is 0 Å². The van der Waals surface area contributed by atoms with Crippen molar-refractivity contribution >= 4 is 11.0 Å². The van der Waals surface area contributed by atoms with Crippen molar-refractivity contribution in [2.45, 2.75) is 0 Å². The van der Waals surface area contributed by atoms with E-state index in [1.165, 1.54) is 33.7 Å². The van der Waals surface area contributed by atoms with Gasteiger partial charge in [0.25, 0.3) is 0 Å². The van der Waals surface area contributed by atoms with E-state index < -0.39 is 0 Å². The Morgan fingerprint density at radius 2 is 1.58 bits per heavy atom. The molecular formula is C18H16O6. The SMILES string of the molecule is COc1ccc(-c2coc3cc(OC)c(OC)cc3c2=O)cc1O. The highest BCUT2D eigenvalue weighted by Crippen LogP contribution is 2.34. The van der Waals surface area contributed by atoms with Crippen molar-refractivity contribution in [3.05, 3.63) is 46.8 Å². The molecule has 24 heavy (non-hydrogen) atoms. The molecule has 0 unspecified atom stereocenters. The lowest BCUT2D eigenvalue weighted by Crippen LogP contribution is -2.05. The molecular weight excluding hydrogens is 312 g/mol. The van der Waals surface area contributed by atoms with Crippen LogP contribution in [0.25, 0.3) is 22.1 Å². The molecule has 0 bridgehead atoms. The highest BCUT2D eigenvalue weighted by atomic mass is 16.5. The Bertz CT molecular complexity index is 958. The first kappa shape index (κ1) is 15.7. The first-order chi connectivity index (χ1) is 11.6. The van der Waals surface area contributed by atoms with Gasteiger partial charge in [-0.05, 0) is 23.8 Å². The van der Waals surface area contributed by atoms with E-state index in [-0.39, 0.29) is 11.2 Å². The summed E-state index contributed by atoms with van der Waals surface area (Å²) in [5.41, 5.74) is 1.01. The van der Waals surface area contributed by atoms with Crippen LogP contribution in [-0.2, 0) is 0 Å². The Kier molecular flexibility index (Phi) is 4.04. The van der Waals surface area contributed by atoms with Gasteiger partial charge in [-0.3, -0.25) is 4.79 Å². The topological polar surface area (TPSA) is 78.1 Å². The van der Waals surface area contributed by atoms with E-state index in [0.717, 1.165) is 0 Å². The van der Waals surface area contributed by atoms with Crippen LogP contribution in [0.2, 0.25) is 0 Å². The minimum absolute atomic E-state index is 0.0539. The zero-order chi connectivity index (χ0) is 17.3. The fraction of sp³-hybridized carbons (Fsp3) is 0.167. The van der Waals surface area contributed by atoms with Crippen LogP contribution >= 0.6 is 0 Å². The molecule has 0 saturated carbocycles. The van der Waals surface area contributed by atoms with Crippen LogP contribution in [0, 0.1) is 0 Å². The van der Waals surface area contributed by atoms with Crippen LogP contribution in [-0.4, -0.2) is 26.4 Å². The van der Waals surface area contributed by atoms with E-state index >= 15 is 0 Å². The van der Waals surface area contributed by atoms with Crippen molar-refractivity contribution in [3.8, 4) is 34.1 Å². The summed E-state index contributed by atoms with van der Waals surface area (Å²) in [5.74, 6) is 1.19. The number of methoxy groups -OCH3 is 3. The van der Waals surface area contributed by atoms with Crippen LogP contribution in [0.15, 0.2) is 45.8 Å². The third kappa shape index (κ3) is 2.52. The van der Waals surface area contributed by atoms with Crippen LogP contribution in [0.4, 0.5) is 0 Å². The number of hydrogen-bond donors (Lipinski definition) is 1. The van der Waals surface area contributed by atoms with Crippen LogP contribution in [0.1, 0.15) is 0 Å². The van der Waals surface area contributed by atoms with Gasteiger partial charge in [-0.15, -0.1) is 0 Å². The number of ether oxygens (including phenoxy) is 3. The van der Waals surface area contributed by atoms with E-state index in [1.54, 1.807) is 24.3 Å². The van der Waals surface area contributed by atoms with Gasteiger partial charge >= 0.3 is 0 Å². The predicted molar refractivity (Wildman–Crippen MR) is 89.2 cm³/mol. The number of fused-ring (bicyclic) bond motifs is 1. The average Bonchev–Trinajstić information content (AvgIpc) is 2.61. The molecule has 6 nitrogen and oxygen atoms in total. The lowest BCUT2D eigenvalue weighted by molar-refractivity contribution is 0.355. The molecule has 124 valence electrons. The van der Waals surface area contributed by atoms with Crippen LogP contribution in [0.5, 0.6) is 23.0 Å². The summed E-state index contributed by atoms with van der Waals surface area (Å²) in [7, 11) is 4.46. The second-order valence-electron chi connectivity index (χ2n) is 5.07. The third-order valence-electron chi connectivity index (χ3n) is 3.77. The Hall–Kier alpha value is -3.15. The summed E-state index contributed by atoms with van der Waals surface area (Å²) in [4.78, 5) is 12.8. The largest absolute Gasteiger partial charge is 0.504 e. The summed E-state index contributed by atoms with van der Waals surface area (Å²) >= 11 is 0. The standard InChI is InChI=1S/C18H16O6/c1-21-14-5-4-10(6-13(14)19)12-9-24-15-8-17(23-3)16(22-2)7-11(15)18(12)20/h4-9,19H,1-3H3. The molecule has 0 radical (unpaired) electrons. The zero-order valence-electron chi connectivity index (χ0n) is 13.5. The summed E-state index contributed by atoms with van der Waals surface area (Å²) < 4.78 is 21.0. The van der Waals surface area contributed by atoms with Crippen molar-refractivity contribution < 1.29 is 23.7 Å². The van der Waals surface area contributed by atoms with Gasteiger partial charge in [-0.2, -0.15) is 0 Å². The van der Waals surface area contributed by atoms with Gasteiger partial charge in [0.2, 0.25) is 5.43 Å². The molecule has 3 rings (SSSR count). The highest BCUT2D eigenvalue weighted by molar-refractivity contribution is 5.85. The lowest BCUT2D eigenvalue weighted by atomic mass is 10.0. The fourth-order valence-electron chi connectivity index (χ4n) is 2.51. The number of phenolic OH excluding ortho intramolecular Hbond substituents is 1. The van der Waals surface area contributed by atoms with Crippen molar-refractivity contribution in [1.82, 2.24) is 0 Å². The molecule has 0 amide bonds. The Balaban J connectivity index is 2.22. The van der Waals surface area contributed by atoms with Gasteiger partial charge < -0.3 is 23.7 Å². The van der Waals surface area contributed by atoms with Gasteiger partial charge in [0.1, 0.15) is 11.8 Å². The Morgan fingerprint density at radius 3 is 2.21 bits per heavy atom. The van der Waals surface area contributed by atoms with E-state index in [4.69, 9.17) is 18.6 Å². The predicted octanol–water partition coefficient (Wildman–Crippen LogP) is 3.19. The van der Waals surface area contributed by atoms with Crippen molar-refractivity contribution in [1.29, 1.82) is 0 Å². The van der Waals surface area contributed by atoms with E-state index in [1.807, 2.05) is 0 Å². The number of rotatable bonds is 4. The van der Waals surface area contributed by atoms with Gasteiger partial charge in [0.05, 0.1) is 32.3 Å². The Morgan fingerprint density at radius 1 is 0.917 bits per heavy atom. The molecule has 1 N–H and O–H groups in total. The molecule has 1 aromatic heterocycles. The summed E-state index contributed by atoms with van der Waals surface area (Å²) in [5, 5.41) is 10.3. The molecule has 6 heteroatoms. The maximum absolute atomic E-state index is 12.8. The summed E-state index contributed by atoms with van der Waals surface area (Å²) in [6, 6.07) is 7.90. The quantitative estimate of drug-likeness (QED) is 0.792. The highest BCUT2D eigenvalue weighted by Gasteiger charge is 2.14. The maximum atomic E-state index is 12.8. The number of benzene rings is 2. The summed E-state index contributed by atoms with van der Waals surface area (Å²) in [6.07, 6.45) is 1.36.